The van der Waals surface area contributed by atoms with Crippen molar-refractivity contribution in [3.63, 3.8) is 0 Å². The number of nitrogens with zero attached hydrogens (tertiary/aromatic N) is 2. The van der Waals surface area contributed by atoms with Gasteiger partial charge in [0.15, 0.2) is 5.16 Å². The maximum Gasteiger partial charge on any atom is 0.154 e. The van der Waals surface area contributed by atoms with Gasteiger partial charge in [-0.3, -0.25) is 0 Å². The summed E-state index contributed by atoms with van der Waals surface area (Å²) < 4.78 is 2.08. The van der Waals surface area contributed by atoms with E-state index in [0.717, 1.165) is 0 Å². The molecule has 1 aliphatic rings. The fourth-order valence-corrected chi connectivity index (χ4v) is 2.64. The fourth-order valence-electron chi connectivity index (χ4n) is 1.07. The van der Waals surface area contributed by atoms with E-state index < -0.39 is 0 Å². The molecule has 0 aliphatic carbocycles. The molecular formula is C8H10N2S. The van der Waals surface area contributed by atoms with Gasteiger partial charge in [-0.25, -0.2) is 4.98 Å². The summed E-state index contributed by atoms with van der Waals surface area (Å²) in [5.41, 5.74) is 0. The molecule has 0 bridgehead atoms. The Morgan fingerprint density at radius 1 is 1.36 bits per heavy atom. The molecule has 0 amide bonds. The molecular weight excluding hydrogens is 156 g/mol. The van der Waals surface area contributed by atoms with Crippen LogP contribution in [0.5, 0.6) is 0 Å². The van der Waals surface area contributed by atoms with Gasteiger partial charge in [0.1, 0.15) is 0 Å². The second kappa shape index (κ2) is 2.58. The standard InChI is InChI=1S/C8H10N2S/c1-10-5-4-9-8(10)11-6-2-3-7-11/h2-7,11H,1H3. The second-order valence-corrected chi connectivity index (χ2v) is 4.24. The Labute approximate surface area is 68.6 Å². The van der Waals surface area contributed by atoms with E-state index in [2.05, 4.69) is 32.5 Å². The first-order valence-electron chi connectivity index (χ1n) is 3.48. The van der Waals surface area contributed by atoms with Gasteiger partial charge in [-0.05, 0) is 10.8 Å². The van der Waals surface area contributed by atoms with Crippen LogP contribution in [0.15, 0.2) is 40.5 Å². The smallest absolute Gasteiger partial charge is 0.154 e. The third-order valence-electron chi connectivity index (χ3n) is 1.63. The van der Waals surface area contributed by atoms with Gasteiger partial charge in [0.25, 0.3) is 0 Å². The number of allylic oxidation sites excluding steroid dienone is 2. The van der Waals surface area contributed by atoms with Gasteiger partial charge in [-0.15, -0.1) is 0 Å². The van der Waals surface area contributed by atoms with Crippen molar-refractivity contribution in [3.8, 4) is 0 Å². The van der Waals surface area contributed by atoms with Crippen LogP contribution in [-0.4, -0.2) is 9.55 Å². The van der Waals surface area contributed by atoms with Crippen molar-refractivity contribution in [2.75, 3.05) is 0 Å². The van der Waals surface area contributed by atoms with E-state index in [9.17, 15) is 0 Å². The second-order valence-electron chi connectivity index (χ2n) is 2.43. The molecule has 3 heteroatoms. The average molecular weight is 166 g/mol. The Hall–Kier alpha value is -0.960. The SMILES string of the molecule is Cn1ccnc1[SH]1C=CC=C1. The van der Waals surface area contributed by atoms with Gasteiger partial charge in [-0.2, -0.15) is 10.9 Å². The molecule has 0 saturated carbocycles. The summed E-state index contributed by atoms with van der Waals surface area (Å²) in [5.74, 6) is 0. The van der Waals surface area contributed by atoms with Crippen molar-refractivity contribution in [2.45, 2.75) is 5.16 Å². The van der Waals surface area contributed by atoms with Crippen LogP contribution in [0.1, 0.15) is 0 Å². The molecule has 0 saturated heterocycles. The molecule has 0 fully saturated rings. The van der Waals surface area contributed by atoms with E-state index >= 15 is 0 Å². The van der Waals surface area contributed by atoms with Gasteiger partial charge < -0.3 is 4.57 Å². The predicted molar refractivity (Wildman–Crippen MR) is 48.7 cm³/mol. The number of aromatic nitrogens is 2. The minimum Gasteiger partial charge on any atom is -0.330 e. The van der Waals surface area contributed by atoms with Gasteiger partial charge in [0, 0.05) is 19.4 Å². The van der Waals surface area contributed by atoms with E-state index in [1.807, 2.05) is 19.4 Å². The number of hydrogen-bond donors (Lipinski definition) is 1. The Bertz CT molecular complexity index is 300. The molecule has 1 aliphatic heterocycles. The van der Waals surface area contributed by atoms with E-state index in [1.54, 1.807) is 0 Å². The number of hydrogen-bond acceptors (Lipinski definition) is 1. The van der Waals surface area contributed by atoms with E-state index in [-0.39, 0.29) is 10.9 Å². The number of rotatable bonds is 1. The molecule has 2 heterocycles. The maximum atomic E-state index is 4.29. The normalized spacial score (nSPS) is 18.1. The summed E-state index contributed by atoms with van der Waals surface area (Å²) in [5, 5.41) is 5.58. The molecule has 2 nitrogen and oxygen atoms in total. The fraction of sp³-hybridized carbons (Fsp3) is 0.125. The lowest BCUT2D eigenvalue weighted by atomic mass is 10.6. The molecule has 0 N–H and O–H groups in total. The Morgan fingerprint density at radius 3 is 2.64 bits per heavy atom. The highest BCUT2D eigenvalue weighted by Gasteiger charge is 2.06. The molecule has 1 aromatic rings. The van der Waals surface area contributed by atoms with Crippen LogP contribution in [-0.2, 0) is 7.05 Å². The van der Waals surface area contributed by atoms with Gasteiger partial charge >= 0.3 is 0 Å². The molecule has 0 unspecified atom stereocenters. The van der Waals surface area contributed by atoms with Crippen LogP contribution >= 0.6 is 10.9 Å². The highest BCUT2D eigenvalue weighted by Crippen LogP contribution is 2.39. The minimum absolute atomic E-state index is 0.233. The highest BCUT2D eigenvalue weighted by atomic mass is 32.2. The van der Waals surface area contributed by atoms with Crippen LogP contribution in [0.2, 0.25) is 0 Å². The van der Waals surface area contributed by atoms with Crippen molar-refractivity contribution in [1.82, 2.24) is 9.55 Å². The summed E-state index contributed by atoms with van der Waals surface area (Å²) in [6, 6.07) is 0. The van der Waals surface area contributed by atoms with Crippen LogP contribution in [0.25, 0.3) is 0 Å². The van der Waals surface area contributed by atoms with Crippen molar-refractivity contribution >= 4 is 10.9 Å². The summed E-state index contributed by atoms with van der Waals surface area (Å²) in [7, 11) is 1.80. The third-order valence-corrected chi connectivity index (χ3v) is 3.51. The zero-order valence-electron chi connectivity index (χ0n) is 6.31. The molecule has 0 radical (unpaired) electrons. The van der Waals surface area contributed by atoms with Crippen molar-refractivity contribution < 1.29 is 0 Å². The van der Waals surface area contributed by atoms with E-state index in [4.69, 9.17) is 0 Å². The van der Waals surface area contributed by atoms with Crippen molar-refractivity contribution in [1.29, 1.82) is 0 Å². The van der Waals surface area contributed by atoms with Gasteiger partial charge in [-0.1, -0.05) is 12.2 Å². The molecule has 0 spiro atoms. The predicted octanol–water partition coefficient (Wildman–Crippen LogP) is 1.82. The number of thiol groups is 1. The quantitative estimate of drug-likeness (QED) is 0.630. The van der Waals surface area contributed by atoms with Crippen LogP contribution in [0, 0.1) is 0 Å². The Kier molecular flexibility index (Phi) is 1.58. The summed E-state index contributed by atoms with van der Waals surface area (Å²) in [6.07, 6.45) is 8.00. The van der Waals surface area contributed by atoms with Gasteiger partial charge in [0.2, 0.25) is 0 Å². The lowest BCUT2D eigenvalue weighted by Crippen LogP contribution is -1.89. The van der Waals surface area contributed by atoms with Crippen molar-refractivity contribution in [3.05, 3.63) is 35.4 Å². The number of imidazole rings is 1. The van der Waals surface area contributed by atoms with E-state index in [0.29, 0.717) is 0 Å². The molecule has 2 rings (SSSR count). The summed E-state index contributed by atoms with van der Waals surface area (Å²) in [4.78, 5) is 4.29. The molecule has 0 atom stereocenters. The zero-order chi connectivity index (χ0) is 7.68. The first-order valence-corrected chi connectivity index (χ1v) is 4.96. The van der Waals surface area contributed by atoms with Crippen LogP contribution < -0.4 is 0 Å². The average Bonchev–Trinajstić information content (AvgIpc) is 2.55. The van der Waals surface area contributed by atoms with Crippen LogP contribution in [0.3, 0.4) is 0 Å². The largest absolute Gasteiger partial charge is 0.330 e. The maximum absolute atomic E-state index is 4.29. The topological polar surface area (TPSA) is 17.8 Å². The highest BCUT2D eigenvalue weighted by molar-refractivity contribution is 8.22. The first kappa shape index (κ1) is 6.73. The van der Waals surface area contributed by atoms with Crippen LogP contribution in [0.4, 0.5) is 0 Å². The molecule has 58 valence electrons. The molecule has 11 heavy (non-hydrogen) atoms. The van der Waals surface area contributed by atoms with Crippen molar-refractivity contribution in [2.24, 2.45) is 7.05 Å². The van der Waals surface area contributed by atoms with Gasteiger partial charge in [0.05, 0.1) is 0 Å². The number of aryl methyl sites for hydroxylation is 1. The summed E-state index contributed by atoms with van der Waals surface area (Å²) >= 11 is 0. The Balaban J connectivity index is 2.36. The van der Waals surface area contributed by atoms with E-state index in [1.165, 1.54) is 5.16 Å². The summed E-state index contributed by atoms with van der Waals surface area (Å²) in [6.45, 7) is 0. The Morgan fingerprint density at radius 2 is 2.09 bits per heavy atom. The zero-order valence-corrected chi connectivity index (χ0v) is 7.20. The third kappa shape index (κ3) is 1.12. The first-order chi connectivity index (χ1) is 5.38. The lowest BCUT2D eigenvalue weighted by molar-refractivity contribution is 0.790. The minimum atomic E-state index is -0.233. The molecule has 1 aromatic heterocycles. The lowest BCUT2D eigenvalue weighted by Gasteiger charge is -2.08. The molecule has 0 aromatic carbocycles. The monoisotopic (exact) mass is 166 g/mol.